The summed E-state index contributed by atoms with van der Waals surface area (Å²) < 4.78 is 0. The molecule has 1 aromatic carbocycles. The monoisotopic (exact) mass is 235 g/mol. The van der Waals surface area contributed by atoms with Crippen molar-refractivity contribution in [1.29, 1.82) is 5.26 Å². The van der Waals surface area contributed by atoms with Gasteiger partial charge in [0, 0.05) is 0 Å². The molecule has 0 aliphatic carbocycles. The number of carboxylic acid groups (broad SMARTS) is 1. The maximum Gasteiger partial charge on any atom is 0.336 e. The van der Waals surface area contributed by atoms with Gasteiger partial charge in [0.1, 0.15) is 6.10 Å². The zero-order valence-corrected chi connectivity index (χ0v) is 9.29. The van der Waals surface area contributed by atoms with Crippen molar-refractivity contribution in [1.82, 2.24) is 0 Å². The van der Waals surface area contributed by atoms with Gasteiger partial charge in [0.25, 0.3) is 0 Å². The fourth-order valence-electron chi connectivity index (χ4n) is 1.53. The van der Waals surface area contributed by atoms with Crippen molar-refractivity contribution >= 4 is 5.97 Å². The van der Waals surface area contributed by atoms with Crippen LogP contribution in [0.5, 0.6) is 0 Å². The lowest BCUT2D eigenvalue weighted by Gasteiger charge is -2.17. The van der Waals surface area contributed by atoms with Crippen molar-refractivity contribution in [2.45, 2.75) is 25.6 Å². The first-order valence-corrected chi connectivity index (χ1v) is 5.04. The number of aliphatic hydroxyl groups excluding tert-OH is 2. The van der Waals surface area contributed by atoms with E-state index in [0.717, 1.165) is 5.56 Å². The lowest BCUT2D eigenvalue weighted by molar-refractivity contribution is 0.0205. The summed E-state index contributed by atoms with van der Waals surface area (Å²) in [6.07, 6.45) is -2.92. The van der Waals surface area contributed by atoms with Crippen LogP contribution in [0, 0.1) is 18.3 Å². The Kier molecular flexibility index (Phi) is 4.21. The summed E-state index contributed by atoms with van der Waals surface area (Å²) in [4.78, 5) is 11.0. The van der Waals surface area contributed by atoms with Crippen LogP contribution in [0.3, 0.4) is 0 Å². The summed E-state index contributed by atoms with van der Waals surface area (Å²) in [5, 5.41) is 36.7. The second kappa shape index (κ2) is 5.43. The standard InChI is InChI=1S/C12H13NO4/c1-7-2-3-8(9(6-7)12(16)17)11(15)10(14)4-5-13/h2-3,6,10-11,14-15H,4H2,1H3,(H,16,17). The van der Waals surface area contributed by atoms with E-state index in [1.807, 2.05) is 0 Å². The molecule has 3 N–H and O–H groups in total. The van der Waals surface area contributed by atoms with Crippen molar-refractivity contribution in [2.24, 2.45) is 0 Å². The van der Waals surface area contributed by atoms with Gasteiger partial charge in [-0.25, -0.2) is 4.79 Å². The molecule has 0 aromatic heterocycles. The third-order valence-corrected chi connectivity index (χ3v) is 2.42. The minimum Gasteiger partial charge on any atom is -0.478 e. The molecule has 0 radical (unpaired) electrons. The van der Waals surface area contributed by atoms with Crippen molar-refractivity contribution in [2.75, 3.05) is 0 Å². The summed E-state index contributed by atoms with van der Waals surface area (Å²) in [5.74, 6) is -1.17. The van der Waals surface area contributed by atoms with Crippen LogP contribution in [0.15, 0.2) is 18.2 Å². The largest absolute Gasteiger partial charge is 0.478 e. The molecule has 1 aromatic rings. The molecule has 17 heavy (non-hydrogen) atoms. The van der Waals surface area contributed by atoms with Gasteiger partial charge in [-0.15, -0.1) is 0 Å². The van der Waals surface area contributed by atoms with E-state index in [1.54, 1.807) is 19.1 Å². The highest BCUT2D eigenvalue weighted by molar-refractivity contribution is 5.89. The normalized spacial score (nSPS) is 13.8. The topological polar surface area (TPSA) is 102 Å². The molecule has 0 bridgehead atoms. The van der Waals surface area contributed by atoms with Gasteiger partial charge in [-0.3, -0.25) is 0 Å². The van der Waals surface area contributed by atoms with Gasteiger partial charge in [0.05, 0.1) is 24.2 Å². The molecule has 0 aliphatic heterocycles. The lowest BCUT2D eigenvalue weighted by atomic mass is 9.96. The molecule has 2 atom stereocenters. The molecule has 2 unspecified atom stereocenters. The number of benzene rings is 1. The van der Waals surface area contributed by atoms with Gasteiger partial charge >= 0.3 is 5.97 Å². The molecule has 0 spiro atoms. The number of aryl methyl sites for hydroxylation is 1. The van der Waals surface area contributed by atoms with Crippen LogP contribution in [-0.4, -0.2) is 27.4 Å². The van der Waals surface area contributed by atoms with Crippen LogP contribution in [0.4, 0.5) is 0 Å². The Hall–Kier alpha value is -1.90. The zero-order valence-electron chi connectivity index (χ0n) is 9.29. The van der Waals surface area contributed by atoms with E-state index in [9.17, 15) is 15.0 Å². The number of rotatable bonds is 4. The Bertz CT molecular complexity index is 464. The number of aromatic carboxylic acids is 1. The number of nitriles is 1. The number of carboxylic acids is 1. The first-order chi connectivity index (χ1) is 7.97. The van der Waals surface area contributed by atoms with E-state index in [-0.39, 0.29) is 17.5 Å². The van der Waals surface area contributed by atoms with E-state index in [0.29, 0.717) is 0 Å². The number of carbonyl (C=O) groups is 1. The van der Waals surface area contributed by atoms with Crippen LogP contribution in [0.1, 0.15) is 34.0 Å². The van der Waals surface area contributed by atoms with Gasteiger partial charge in [-0.05, 0) is 18.6 Å². The SMILES string of the molecule is Cc1ccc(C(O)C(O)CC#N)c(C(=O)O)c1. The van der Waals surface area contributed by atoms with Crippen LogP contribution < -0.4 is 0 Å². The quantitative estimate of drug-likeness (QED) is 0.722. The molecule has 5 nitrogen and oxygen atoms in total. The van der Waals surface area contributed by atoms with Gasteiger partial charge in [0.2, 0.25) is 0 Å². The Morgan fingerprint density at radius 2 is 2.12 bits per heavy atom. The van der Waals surface area contributed by atoms with Crippen LogP contribution in [0.25, 0.3) is 0 Å². The van der Waals surface area contributed by atoms with Crippen LogP contribution in [-0.2, 0) is 0 Å². The third kappa shape index (κ3) is 3.03. The highest BCUT2D eigenvalue weighted by Gasteiger charge is 2.23. The predicted octanol–water partition coefficient (Wildman–Crippen LogP) is 1.00. The Morgan fingerprint density at radius 3 is 2.65 bits per heavy atom. The molecule has 0 fully saturated rings. The molecular formula is C12H13NO4. The molecule has 90 valence electrons. The lowest BCUT2D eigenvalue weighted by Crippen LogP contribution is -2.20. The van der Waals surface area contributed by atoms with Gasteiger partial charge in [-0.2, -0.15) is 5.26 Å². The van der Waals surface area contributed by atoms with Gasteiger partial charge < -0.3 is 15.3 Å². The smallest absolute Gasteiger partial charge is 0.336 e. The fraction of sp³-hybridized carbons (Fsp3) is 0.333. The maximum absolute atomic E-state index is 11.0. The summed E-state index contributed by atoms with van der Waals surface area (Å²) in [6.45, 7) is 1.73. The molecule has 0 heterocycles. The Morgan fingerprint density at radius 1 is 1.47 bits per heavy atom. The van der Waals surface area contributed by atoms with E-state index < -0.39 is 18.2 Å². The van der Waals surface area contributed by atoms with Crippen molar-refractivity contribution in [3.8, 4) is 6.07 Å². The van der Waals surface area contributed by atoms with Gasteiger partial charge in [-0.1, -0.05) is 17.7 Å². The molecule has 0 saturated carbocycles. The first-order valence-electron chi connectivity index (χ1n) is 5.04. The molecular weight excluding hydrogens is 222 g/mol. The highest BCUT2D eigenvalue weighted by atomic mass is 16.4. The molecule has 1 rings (SSSR count). The Balaban J connectivity index is 3.13. The van der Waals surface area contributed by atoms with Crippen molar-refractivity contribution in [3.05, 3.63) is 34.9 Å². The number of aliphatic hydroxyl groups is 2. The summed E-state index contributed by atoms with van der Waals surface area (Å²) >= 11 is 0. The highest BCUT2D eigenvalue weighted by Crippen LogP contribution is 2.23. The molecule has 0 aliphatic rings. The minimum absolute atomic E-state index is 0.0607. The zero-order chi connectivity index (χ0) is 13.0. The average Bonchev–Trinajstić information content (AvgIpc) is 2.28. The minimum atomic E-state index is -1.37. The molecule has 5 heteroatoms. The molecule has 0 amide bonds. The number of hydrogen-bond acceptors (Lipinski definition) is 4. The van der Waals surface area contributed by atoms with E-state index >= 15 is 0 Å². The van der Waals surface area contributed by atoms with Crippen LogP contribution >= 0.6 is 0 Å². The van der Waals surface area contributed by atoms with Crippen LogP contribution in [0.2, 0.25) is 0 Å². The second-order valence-electron chi connectivity index (χ2n) is 3.77. The first kappa shape index (κ1) is 13.2. The third-order valence-electron chi connectivity index (χ3n) is 2.42. The number of nitrogens with zero attached hydrogens (tertiary/aromatic N) is 1. The fourth-order valence-corrected chi connectivity index (χ4v) is 1.53. The summed E-state index contributed by atoms with van der Waals surface area (Å²) in [5.41, 5.74) is 0.800. The predicted molar refractivity (Wildman–Crippen MR) is 59.3 cm³/mol. The van der Waals surface area contributed by atoms with Crippen molar-refractivity contribution < 1.29 is 20.1 Å². The maximum atomic E-state index is 11.0. The van der Waals surface area contributed by atoms with E-state index in [1.165, 1.54) is 12.1 Å². The number of hydrogen-bond donors (Lipinski definition) is 3. The second-order valence-corrected chi connectivity index (χ2v) is 3.77. The van der Waals surface area contributed by atoms with E-state index in [2.05, 4.69) is 0 Å². The van der Waals surface area contributed by atoms with Gasteiger partial charge in [0.15, 0.2) is 0 Å². The summed E-state index contributed by atoms with van der Waals surface area (Å²) in [6, 6.07) is 6.23. The van der Waals surface area contributed by atoms with E-state index in [4.69, 9.17) is 10.4 Å². The van der Waals surface area contributed by atoms with Crippen molar-refractivity contribution in [3.63, 3.8) is 0 Å². The Labute approximate surface area is 98.6 Å². The summed E-state index contributed by atoms with van der Waals surface area (Å²) in [7, 11) is 0. The molecule has 0 saturated heterocycles. The average molecular weight is 235 g/mol.